The second-order valence-corrected chi connectivity index (χ2v) is 2.31. The van der Waals surface area contributed by atoms with Gasteiger partial charge in [0.2, 0.25) is 0 Å². The molecule has 4 heteroatoms. The molecule has 0 atom stereocenters. The molecule has 12 heavy (non-hydrogen) atoms. The zero-order valence-electron chi connectivity index (χ0n) is 7.14. The van der Waals surface area contributed by atoms with Gasteiger partial charge in [0.15, 0.2) is 0 Å². The lowest BCUT2D eigenvalue weighted by molar-refractivity contribution is -0.538. The van der Waals surface area contributed by atoms with Gasteiger partial charge in [0.25, 0.3) is 0 Å². The smallest absolute Gasteiger partial charge is 0.103 e. The highest BCUT2D eigenvalue weighted by molar-refractivity contribution is 5.41. The van der Waals surface area contributed by atoms with Gasteiger partial charge in [0.05, 0.1) is 14.1 Å². The van der Waals surface area contributed by atoms with E-state index in [0.717, 1.165) is 5.69 Å². The molecule has 0 amide bonds. The quantitative estimate of drug-likeness (QED) is 0.379. The van der Waals surface area contributed by atoms with Crippen LogP contribution in [0.3, 0.4) is 0 Å². The Hall–Kier alpha value is -1.58. The molecule has 0 N–H and O–H groups in total. The first kappa shape index (κ1) is 8.52. The lowest BCUT2D eigenvalue weighted by Crippen LogP contribution is -2.25. The Morgan fingerprint density at radius 2 is 1.92 bits per heavy atom. The number of hydrogen-bond donors (Lipinski definition) is 0. The molecule has 0 spiro atoms. The van der Waals surface area contributed by atoms with E-state index in [-0.39, 0.29) is 0 Å². The fourth-order valence-corrected chi connectivity index (χ4v) is 0.877. The van der Waals surface area contributed by atoms with Crippen LogP contribution in [-0.2, 0) is 0 Å². The summed E-state index contributed by atoms with van der Waals surface area (Å²) >= 11 is 0. The third kappa shape index (κ3) is 1.72. The molecule has 1 rings (SSSR count). The molecule has 0 aliphatic heterocycles. The van der Waals surface area contributed by atoms with E-state index < -0.39 is 0 Å². The van der Waals surface area contributed by atoms with Crippen LogP contribution in [0.15, 0.2) is 35.4 Å². The van der Waals surface area contributed by atoms with Gasteiger partial charge in [0, 0.05) is 4.97 Å². The molecule has 0 saturated heterocycles. The normalized spacial score (nSPS) is 11.3. The highest BCUT2D eigenvalue weighted by Gasteiger charge is 2.05. The van der Waals surface area contributed by atoms with Crippen molar-refractivity contribution in [1.29, 1.82) is 0 Å². The SMILES string of the molecule is CN=[N+]([O-])N(C)c1ccccc1. The number of para-hydroxylation sites is 1. The maximum atomic E-state index is 11.0. The van der Waals surface area contributed by atoms with Crippen LogP contribution >= 0.6 is 0 Å². The van der Waals surface area contributed by atoms with E-state index >= 15 is 0 Å². The molecule has 0 heterocycles. The monoisotopic (exact) mass is 165 g/mol. The van der Waals surface area contributed by atoms with E-state index in [4.69, 9.17) is 0 Å². The fourth-order valence-electron chi connectivity index (χ4n) is 0.877. The highest BCUT2D eigenvalue weighted by atomic mass is 16.5. The molecule has 0 saturated carbocycles. The van der Waals surface area contributed by atoms with Crippen molar-refractivity contribution in [3.63, 3.8) is 0 Å². The molecule has 0 aliphatic carbocycles. The van der Waals surface area contributed by atoms with Crippen LogP contribution in [0, 0.1) is 5.21 Å². The second kappa shape index (κ2) is 3.71. The van der Waals surface area contributed by atoms with Gasteiger partial charge in [-0.05, 0) is 17.2 Å². The van der Waals surface area contributed by atoms with Crippen LogP contribution < -0.4 is 5.01 Å². The zero-order valence-corrected chi connectivity index (χ0v) is 7.14. The van der Waals surface area contributed by atoms with Crippen molar-refractivity contribution in [1.82, 2.24) is 0 Å². The standard InChI is InChI=1S/C8H11N3O/c1-9-11(12)10(2)8-6-4-3-5-7-8/h3-7H,1-2H3. The Kier molecular flexibility index (Phi) is 2.63. The third-order valence-corrected chi connectivity index (χ3v) is 1.56. The molecule has 0 aliphatic rings. The van der Waals surface area contributed by atoms with Crippen molar-refractivity contribution in [2.75, 3.05) is 19.1 Å². The van der Waals surface area contributed by atoms with Crippen LogP contribution in [-0.4, -0.2) is 19.1 Å². The van der Waals surface area contributed by atoms with Crippen LogP contribution in [0.1, 0.15) is 0 Å². The van der Waals surface area contributed by atoms with E-state index in [1.54, 1.807) is 7.05 Å². The minimum atomic E-state index is 0.537. The predicted octanol–water partition coefficient (Wildman–Crippen LogP) is 1.63. The first-order chi connectivity index (χ1) is 5.75. The highest BCUT2D eigenvalue weighted by Crippen LogP contribution is 2.10. The number of hydrogen-bond acceptors (Lipinski definition) is 2. The van der Waals surface area contributed by atoms with Crippen LogP contribution in [0.4, 0.5) is 5.69 Å². The first-order valence-corrected chi connectivity index (χ1v) is 3.61. The van der Waals surface area contributed by atoms with Crippen molar-refractivity contribution in [3.8, 4) is 0 Å². The number of hydrazine groups is 1. The van der Waals surface area contributed by atoms with Crippen LogP contribution in [0.25, 0.3) is 0 Å². The molecular formula is C8H11N3O. The summed E-state index contributed by atoms with van der Waals surface area (Å²) in [7, 11) is 3.11. The fraction of sp³-hybridized carbons (Fsp3) is 0.250. The molecule has 64 valence electrons. The Bertz CT molecular complexity index is 271. The molecule has 0 aromatic heterocycles. The van der Waals surface area contributed by atoms with Gasteiger partial charge >= 0.3 is 0 Å². The first-order valence-electron chi connectivity index (χ1n) is 3.61. The maximum Gasteiger partial charge on any atom is 0.103 e. The van der Waals surface area contributed by atoms with Gasteiger partial charge in [-0.1, -0.05) is 18.2 Å². The number of nitrogens with zero attached hydrogens (tertiary/aromatic N) is 3. The largest absolute Gasteiger partial charge is 0.571 e. The Labute approximate surface area is 71.3 Å². The molecular weight excluding hydrogens is 154 g/mol. The average Bonchev–Trinajstić information content (AvgIpc) is 2.17. The number of benzene rings is 1. The molecule has 1 aromatic carbocycles. The summed E-state index contributed by atoms with van der Waals surface area (Å²) in [5.41, 5.74) is 0.818. The van der Waals surface area contributed by atoms with Gasteiger partial charge in [0.1, 0.15) is 5.69 Å². The lowest BCUT2D eigenvalue weighted by Gasteiger charge is -2.12. The van der Waals surface area contributed by atoms with Crippen molar-refractivity contribution < 1.29 is 4.97 Å². The van der Waals surface area contributed by atoms with Crippen molar-refractivity contribution in [2.45, 2.75) is 0 Å². The van der Waals surface area contributed by atoms with E-state index in [1.807, 2.05) is 30.3 Å². The van der Waals surface area contributed by atoms with E-state index in [1.165, 1.54) is 12.1 Å². The van der Waals surface area contributed by atoms with Gasteiger partial charge in [-0.25, -0.2) is 0 Å². The molecule has 0 radical (unpaired) electrons. The second-order valence-electron chi connectivity index (χ2n) is 2.31. The summed E-state index contributed by atoms with van der Waals surface area (Å²) in [6.45, 7) is 0. The maximum absolute atomic E-state index is 11.0. The van der Waals surface area contributed by atoms with E-state index in [2.05, 4.69) is 5.11 Å². The van der Waals surface area contributed by atoms with Gasteiger partial charge < -0.3 is 5.21 Å². The Morgan fingerprint density at radius 1 is 1.33 bits per heavy atom. The topological polar surface area (TPSA) is 41.7 Å². The minimum absolute atomic E-state index is 0.537. The third-order valence-electron chi connectivity index (χ3n) is 1.56. The molecule has 0 unspecified atom stereocenters. The predicted molar refractivity (Wildman–Crippen MR) is 46.8 cm³/mol. The number of rotatable bonds is 2. The van der Waals surface area contributed by atoms with Gasteiger partial charge in [-0.2, -0.15) is 0 Å². The molecule has 1 aromatic rings. The van der Waals surface area contributed by atoms with Crippen molar-refractivity contribution >= 4 is 5.69 Å². The Morgan fingerprint density at radius 3 is 2.42 bits per heavy atom. The molecule has 4 nitrogen and oxygen atoms in total. The van der Waals surface area contributed by atoms with Crippen molar-refractivity contribution in [2.24, 2.45) is 5.11 Å². The summed E-state index contributed by atoms with van der Waals surface area (Å²) in [5, 5.41) is 15.9. The summed E-state index contributed by atoms with van der Waals surface area (Å²) in [5.74, 6) is 0. The van der Waals surface area contributed by atoms with Crippen molar-refractivity contribution in [3.05, 3.63) is 35.5 Å². The summed E-state index contributed by atoms with van der Waals surface area (Å²) in [6, 6.07) is 9.33. The van der Waals surface area contributed by atoms with Gasteiger partial charge in [-0.15, -0.1) is 5.01 Å². The zero-order chi connectivity index (χ0) is 8.97. The minimum Gasteiger partial charge on any atom is -0.571 e. The summed E-state index contributed by atoms with van der Waals surface area (Å²) in [6.07, 6.45) is 0. The Balaban J connectivity index is 2.86. The number of anilines is 1. The molecule has 0 bridgehead atoms. The summed E-state index contributed by atoms with van der Waals surface area (Å²) < 4.78 is 0. The van der Waals surface area contributed by atoms with Crippen LogP contribution in [0.5, 0.6) is 0 Å². The van der Waals surface area contributed by atoms with Gasteiger partial charge in [-0.3, -0.25) is 0 Å². The molecule has 0 fully saturated rings. The van der Waals surface area contributed by atoms with E-state index in [0.29, 0.717) is 4.97 Å². The summed E-state index contributed by atoms with van der Waals surface area (Å²) in [4.78, 5) is 0.537. The average molecular weight is 165 g/mol. The lowest BCUT2D eigenvalue weighted by atomic mass is 10.3. The van der Waals surface area contributed by atoms with Crippen LogP contribution in [0.2, 0.25) is 0 Å². The van der Waals surface area contributed by atoms with E-state index in [9.17, 15) is 5.21 Å².